The second kappa shape index (κ2) is 4.45. The van der Waals surface area contributed by atoms with Gasteiger partial charge in [-0.1, -0.05) is 6.42 Å². The van der Waals surface area contributed by atoms with E-state index in [9.17, 15) is 0 Å². The largest absolute Gasteiger partial charge is 0.308 e. The van der Waals surface area contributed by atoms with E-state index in [1.165, 1.54) is 25.7 Å². The maximum absolute atomic E-state index is 6.39. The van der Waals surface area contributed by atoms with Crippen molar-refractivity contribution in [2.24, 2.45) is 11.8 Å². The predicted molar refractivity (Wildman–Crippen MR) is 81.0 cm³/mol. The number of aromatic nitrogens is 3. The third-order valence-electron chi connectivity index (χ3n) is 5.08. The number of alkyl halides is 1. The number of halogens is 1. The van der Waals surface area contributed by atoms with E-state index in [0.717, 1.165) is 34.4 Å². The summed E-state index contributed by atoms with van der Waals surface area (Å²) in [6.07, 6.45) is 7.37. The van der Waals surface area contributed by atoms with E-state index in [2.05, 4.69) is 22.5 Å². The van der Waals surface area contributed by atoms with Gasteiger partial charge >= 0.3 is 0 Å². The maximum atomic E-state index is 6.39. The number of imidazole rings is 1. The molecule has 2 fully saturated rings. The molecule has 4 rings (SSSR count). The average Bonchev–Trinajstić information content (AvgIpc) is 3.09. The summed E-state index contributed by atoms with van der Waals surface area (Å²) in [5, 5.41) is -0.0661. The second-order valence-corrected chi connectivity index (χ2v) is 7.21. The van der Waals surface area contributed by atoms with Crippen molar-refractivity contribution in [3.8, 4) is 0 Å². The molecule has 0 N–H and O–H groups in total. The van der Waals surface area contributed by atoms with Gasteiger partial charge in [0.05, 0.1) is 5.38 Å². The highest BCUT2D eigenvalue weighted by molar-refractivity contribution is 6.20. The Morgan fingerprint density at radius 2 is 2.20 bits per heavy atom. The summed E-state index contributed by atoms with van der Waals surface area (Å²) in [5.41, 5.74) is 3.18. The molecule has 106 valence electrons. The second-order valence-electron chi connectivity index (χ2n) is 6.55. The molecule has 2 aromatic rings. The highest BCUT2D eigenvalue weighted by Gasteiger charge is 2.42. The normalized spacial score (nSPS) is 30.2. The molecule has 3 nitrogen and oxygen atoms in total. The SMILES string of the molecule is Cc1cnc2c(c1)nc(C(C)Cl)n2C1CC2CCC1C2. The van der Waals surface area contributed by atoms with Crippen LogP contribution in [0.5, 0.6) is 0 Å². The zero-order chi connectivity index (χ0) is 13.9. The molecule has 2 bridgehead atoms. The molecular formula is C16H20ClN3. The van der Waals surface area contributed by atoms with Gasteiger partial charge in [0.25, 0.3) is 0 Å². The van der Waals surface area contributed by atoms with Crippen molar-refractivity contribution in [2.75, 3.05) is 0 Å². The minimum absolute atomic E-state index is 0.0661. The molecular weight excluding hydrogens is 270 g/mol. The van der Waals surface area contributed by atoms with Crippen molar-refractivity contribution >= 4 is 22.8 Å². The lowest BCUT2D eigenvalue weighted by Crippen LogP contribution is -2.19. The summed E-state index contributed by atoms with van der Waals surface area (Å²) in [6, 6.07) is 2.68. The van der Waals surface area contributed by atoms with E-state index in [0.29, 0.717) is 6.04 Å². The molecule has 0 saturated heterocycles. The minimum atomic E-state index is -0.0661. The molecule has 2 heterocycles. The number of hydrogen-bond donors (Lipinski definition) is 0. The monoisotopic (exact) mass is 289 g/mol. The van der Waals surface area contributed by atoms with Gasteiger partial charge in [-0.25, -0.2) is 9.97 Å². The third kappa shape index (κ3) is 1.79. The zero-order valence-electron chi connectivity index (χ0n) is 12.0. The number of nitrogens with zero attached hydrogens (tertiary/aromatic N) is 3. The molecule has 4 atom stereocenters. The van der Waals surface area contributed by atoms with Crippen molar-refractivity contribution in [3.05, 3.63) is 23.7 Å². The highest BCUT2D eigenvalue weighted by atomic mass is 35.5. The van der Waals surface area contributed by atoms with Crippen LogP contribution in [0.2, 0.25) is 0 Å². The topological polar surface area (TPSA) is 30.7 Å². The first kappa shape index (κ1) is 12.6. The lowest BCUT2D eigenvalue weighted by atomic mass is 9.95. The average molecular weight is 290 g/mol. The van der Waals surface area contributed by atoms with Crippen LogP contribution in [0.25, 0.3) is 11.2 Å². The van der Waals surface area contributed by atoms with Crippen molar-refractivity contribution < 1.29 is 0 Å². The van der Waals surface area contributed by atoms with Crippen LogP contribution in [-0.4, -0.2) is 14.5 Å². The summed E-state index contributed by atoms with van der Waals surface area (Å²) >= 11 is 6.39. The molecule has 2 saturated carbocycles. The van der Waals surface area contributed by atoms with Crippen molar-refractivity contribution in [1.82, 2.24) is 14.5 Å². The van der Waals surface area contributed by atoms with Crippen LogP contribution < -0.4 is 0 Å². The Balaban J connectivity index is 1.90. The molecule has 0 radical (unpaired) electrons. The number of rotatable bonds is 2. The Morgan fingerprint density at radius 3 is 2.85 bits per heavy atom. The van der Waals surface area contributed by atoms with E-state index in [1.807, 2.05) is 13.1 Å². The van der Waals surface area contributed by atoms with Crippen LogP contribution in [0.15, 0.2) is 12.3 Å². The lowest BCUT2D eigenvalue weighted by Gasteiger charge is -2.25. The first-order chi connectivity index (χ1) is 9.63. The number of hydrogen-bond acceptors (Lipinski definition) is 2. The van der Waals surface area contributed by atoms with Crippen LogP contribution >= 0.6 is 11.6 Å². The van der Waals surface area contributed by atoms with Gasteiger partial charge < -0.3 is 4.57 Å². The standard InChI is InChI=1S/C16H20ClN3/c1-9-5-13-16(18-8-9)20(15(19-13)10(2)17)14-7-11-3-4-12(14)6-11/h5,8,10-12,14H,3-4,6-7H2,1-2H3. The quantitative estimate of drug-likeness (QED) is 0.767. The van der Waals surface area contributed by atoms with Crippen LogP contribution in [0, 0.1) is 18.8 Å². The summed E-state index contributed by atoms with van der Waals surface area (Å²) in [7, 11) is 0. The van der Waals surface area contributed by atoms with Crippen molar-refractivity contribution in [1.29, 1.82) is 0 Å². The van der Waals surface area contributed by atoms with E-state index in [-0.39, 0.29) is 5.38 Å². The van der Waals surface area contributed by atoms with Gasteiger partial charge in [-0.15, -0.1) is 11.6 Å². The zero-order valence-corrected chi connectivity index (χ0v) is 12.8. The molecule has 0 spiro atoms. The molecule has 4 unspecified atom stereocenters. The summed E-state index contributed by atoms with van der Waals surface area (Å²) < 4.78 is 2.36. The molecule has 2 aliphatic rings. The molecule has 0 aliphatic heterocycles. The smallest absolute Gasteiger partial charge is 0.160 e. The predicted octanol–water partition coefficient (Wildman–Crippen LogP) is 4.40. The Labute approximate surface area is 124 Å². The fourth-order valence-electron chi connectivity index (χ4n) is 4.24. The van der Waals surface area contributed by atoms with Crippen molar-refractivity contribution in [2.45, 2.75) is 50.9 Å². The van der Waals surface area contributed by atoms with Gasteiger partial charge in [0.2, 0.25) is 0 Å². The Hall–Kier alpha value is -1.09. The van der Waals surface area contributed by atoms with Crippen LogP contribution in [0.3, 0.4) is 0 Å². The number of fused-ring (bicyclic) bond motifs is 3. The van der Waals surface area contributed by atoms with Gasteiger partial charge in [-0.3, -0.25) is 0 Å². The van der Waals surface area contributed by atoms with Gasteiger partial charge in [0.15, 0.2) is 5.65 Å². The number of aryl methyl sites for hydroxylation is 1. The molecule has 2 aromatic heterocycles. The molecule has 0 aromatic carbocycles. The molecule has 20 heavy (non-hydrogen) atoms. The van der Waals surface area contributed by atoms with Crippen LogP contribution in [0.1, 0.15) is 55.4 Å². The molecule has 2 aliphatic carbocycles. The van der Waals surface area contributed by atoms with E-state index >= 15 is 0 Å². The molecule has 0 amide bonds. The lowest BCUT2D eigenvalue weighted by molar-refractivity contribution is 0.328. The van der Waals surface area contributed by atoms with Crippen molar-refractivity contribution in [3.63, 3.8) is 0 Å². The maximum Gasteiger partial charge on any atom is 0.160 e. The molecule has 4 heteroatoms. The Bertz CT molecular complexity index is 661. The third-order valence-corrected chi connectivity index (χ3v) is 5.28. The van der Waals surface area contributed by atoms with Gasteiger partial charge in [-0.2, -0.15) is 0 Å². The van der Waals surface area contributed by atoms with Gasteiger partial charge in [0, 0.05) is 12.2 Å². The highest BCUT2D eigenvalue weighted by Crippen LogP contribution is 2.52. The summed E-state index contributed by atoms with van der Waals surface area (Å²) in [4.78, 5) is 9.42. The first-order valence-electron chi connectivity index (χ1n) is 7.62. The Kier molecular flexibility index (Phi) is 2.81. The van der Waals surface area contributed by atoms with E-state index < -0.39 is 0 Å². The fourth-order valence-corrected chi connectivity index (χ4v) is 4.39. The number of pyridine rings is 1. The van der Waals surface area contributed by atoms with E-state index in [1.54, 1.807) is 0 Å². The summed E-state index contributed by atoms with van der Waals surface area (Å²) in [5.74, 6) is 2.71. The first-order valence-corrected chi connectivity index (χ1v) is 8.05. The minimum Gasteiger partial charge on any atom is -0.308 e. The van der Waals surface area contributed by atoms with Crippen LogP contribution in [-0.2, 0) is 0 Å². The van der Waals surface area contributed by atoms with Gasteiger partial charge in [0.1, 0.15) is 11.3 Å². The van der Waals surface area contributed by atoms with Crippen LogP contribution in [0.4, 0.5) is 0 Å². The summed E-state index contributed by atoms with van der Waals surface area (Å²) in [6.45, 7) is 4.08. The van der Waals surface area contributed by atoms with Gasteiger partial charge in [-0.05, 0) is 56.6 Å². The van der Waals surface area contributed by atoms with E-state index in [4.69, 9.17) is 16.6 Å². The Morgan fingerprint density at radius 1 is 1.35 bits per heavy atom. The fraction of sp³-hybridized carbons (Fsp3) is 0.625.